The van der Waals surface area contributed by atoms with Crippen LogP contribution in [0.3, 0.4) is 0 Å². The van der Waals surface area contributed by atoms with Crippen LogP contribution >= 0.6 is 0 Å². The third kappa shape index (κ3) is 6.47. The average molecular weight is 965 g/mol. The molecular formula is C74H44O2. The molecule has 0 radical (unpaired) electrons. The molecule has 16 aromatic rings. The molecule has 2 heterocycles. The average Bonchev–Trinajstić information content (AvgIpc) is 4.09. The van der Waals surface area contributed by atoms with E-state index in [9.17, 15) is 0 Å². The summed E-state index contributed by atoms with van der Waals surface area (Å²) in [6.07, 6.45) is 0. The number of benzene rings is 14. The zero-order valence-electron chi connectivity index (χ0n) is 41.2. The quantitative estimate of drug-likeness (QED) is 0.155. The molecule has 0 aliphatic heterocycles. The molecule has 0 N–H and O–H groups in total. The smallest absolute Gasteiger partial charge is 0.136 e. The van der Waals surface area contributed by atoms with Crippen molar-refractivity contribution in [3.8, 4) is 66.8 Å². The van der Waals surface area contributed by atoms with Gasteiger partial charge in [-0.15, -0.1) is 0 Å². The fourth-order valence-corrected chi connectivity index (χ4v) is 12.7. The monoisotopic (exact) mass is 964 g/mol. The van der Waals surface area contributed by atoms with Crippen LogP contribution in [0.1, 0.15) is 0 Å². The molecule has 0 saturated carbocycles. The van der Waals surface area contributed by atoms with Crippen LogP contribution in [-0.4, -0.2) is 0 Å². The second-order valence-corrected chi connectivity index (χ2v) is 20.2. The van der Waals surface area contributed by atoms with E-state index >= 15 is 0 Å². The van der Waals surface area contributed by atoms with Gasteiger partial charge in [0, 0.05) is 21.5 Å². The van der Waals surface area contributed by atoms with Crippen molar-refractivity contribution in [2.45, 2.75) is 0 Å². The van der Waals surface area contributed by atoms with Crippen molar-refractivity contribution in [1.82, 2.24) is 0 Å². The summed E-state index contributed by atoms with van der Waals surface area (Å²) in [4.78, 5) is 0. The van der Waals surface area contributed by atoms with Gasteiger partial charge in [-0.25, -0.2) is 0 Å². The van der Waals surface area contributed by atoms with Crippen molar-refractivity contribution in [3.63, 3.8) is 0 Å². The van der Waals surface area contributed by atoms with Gasteiger partial charge in [-0.05, 0) is 163 Å². The van der Waals surface area contributed by atoms with Gasteiger partial charge in [0.25, 0.3) is 0 Å². The fourth-order valence-electron chi connectivity index (χ4n) is 12.7. The number of furan rings is 2. The molecule has 16 rings (SSSR count). The van der Waals surface area contributed by atoms with Crippen LogP contribution in [0.15, 0.2) is 276 Å². The van der Waals surface area contributed by atoms with E-state index in [1.165, 1.54) is 104 Å². The molecule has 76 heavy (non-hydrogen) atoms. The van der Waals surface area contributed by atoms with E-state index in [1.54, 1.807) is 0 Å². The highest BCUT2D eigenvalue weighted by molar-refractivity contribution is 6.26. The predicted octanol–water partition coefficient (Wildman–Crippen LogP) is 21.3. The van der Waals surface area contributed by atoms with Crippen LogP contribution in [0.4, 0.5) is 0 Å². The van der Waals surface area contributed by atoms with Crippen LogP contribution in [-0.2, 0) is 0 Å². The molecule has 0 amide bonds. The van der Waals surface area contributed by atoms with Crippen LogP contribution in [0.5, 0.6) is 0 Å². The summed E-state index contributed by atoms with van der Waals surface area (Å²) >= 11 is 0. The lowest BCUT2D eigenvalue weighted by Crippen LogP contribution is -1.92. The fraction of sp³-hybridized carbons (Fsp3) is 0. The molecule has 2 heteroatoms. The molecule has 352 valence electrons. The summed E-state index contributed by atoms with van der Waals surface area (Å²) in [6, 6.07) is 97.2. The zero-order chi connectivity index (χ0) is 49.8. The lowest BCUT2D eigenvalue weighted by Gasteiger charge is -2.19. The SMILES string of the molecule is c1ccc(-c2ccc(-c3c4ccccc4c(-c4ccc5c(c4)oc4ccc(-c6ccc(-c7c8ccccc8c(-c8ccc9c(c8)oc8ccccc89)c8ccccc78)c7ccccc67)cc45)c4ccccc34)cc2)cc1. The van der Waals surface area contributed by atoms with E-state index in [2.05, 4.69) is 255 Å². The Morgan fingerprint density at radius 3 is 1.04 bits per heavy atom. The van der Waals surface area contributed by atoms with Gasteiger partial charge < -0.3 is 8.83 Å². The molecule has 0 saturated heterocycles. The minimum Gasteiger partial charge on any atom is -0.456 e. The van der Waals surface area contributed by atoms with Gasteiger partial charge in [-0.3, -0.25) is 0 Å². The Morgan fingerprint density at radius 1 is 0.158 bits per heavy atom. The summed E-state index contributed by atoms with van der Waals surface area (Å²) < 4.78 is 13.2. The van der Waals surface area contributed by atoms with Crippen LogP contribution in [0.2, 0.25) is 0 Å². The van der Waals surface area contributed by atoms with Gasteiger partial charge in [0.15, 0.2) is 0 Å². The molecule has 0 bridgehead atoms. The Balaban J connectivity index is 0.812. The molecular weight excluding hydrogens is 921 g/mol. The highest BCUT2D eigenvalue weighted by Gasteiger charge is 2.22. The maximum atomic E-state index is 6.79. The first kappa shape index (κ1) is 42.5. The van der Waals surface area contributed by atoms with Crippen molar-refractivity contribution in [2.24, 2.45) is 0 Å². The summed E-state index contributed by atoms with van der Waals surface area (Å²) in [6.45, 7) is 0. The Hall–Kier alpha value is -10.0. The Labute approximate surface area is 437 Å². The van der Waals surface area contributed by atoms with Crippen molar-refractivity contribution < 1.29 is 8.83 Å². The zero-order valence-corrected chi connectivity index (χ0v) is 41.2. The summed E-state index contributed by atoms with van der Waals surface area (Å²) in [5.74, 6) is 0. The van der Waals surface area contributed by atoms with Crippen molar-refractivity contribution >= 4 is 97.7 Å². The van der Waals surface area contributed by atoms with E-state index in [-0.39, 0.29) is 0 Å². The molecule has 2 nitrogen and oxygen atoms in total. The minimum absolute atomic E-state index is 0.873. The summed E-state index contributed by atoms with van der Waals surface area (Å²) in [5, 5.41) is 16.6. The second kappa shape index (κ2) is 16.8. The number of hydrogen-bond acceptors (Lipinski definition) is 2. The van der Waals surface area contributed by atoms with Gasteiger partial charge in [-0.2, -0.15) is 0 Å². The van der Waals surface area contributed by atoms with Crippen molar-refractivity contribution in [1.29, 1.82) is 0 Å². The van der Waals surface area contributed by atoms with Gasteiger partial charge >= 0.3 is 0 Å². The molecule has 0 atom stereocenters. The van der Waals surface area contributed by atoms with Crippen LogP contribution < -0.4 is 0 Å². The predicted molar refractivity (Wildman–Crippen MR) is 321 cm³/mol. The maximum absolute atomic E-state index is 6.79. The first-order valence-corrected chi connectivity index (χ1v) is 26.1. The number of para-hydroxylation sites is 1. The second-order valence-electron chi connectivity index (χ2n) is 20.2. The molecule has 14 aromatic carbocycles. The molecule has 0 aliphatic rings. The molecule has 0 fully saturated rings. The number of hydrogen-bond donors (Lipinski definition) is 0. The van der Waals surface area contributed by atoms with Gasteiger partial charge in [-0.1, -0.05) is 224 Å². The topological polar surface area (TPSA) is 26.3 Å². The lowest BCUT2D eigenvalue weighted by atomic mass is 9.83. The van der Waals surface area contributed by atoms with Crippen LogP contribution in [0.25, 0.3) is 165 Å². The lowest BCUT2D eigenvalue weighted by molar-refractivity contribution is 0.668. The highest BCUT2D eigenvalue weighted by atomic mass is 16.3. The Kier molecular flexibility index (Phi) is 9.37. The molecule has 0 spiro atoms. The Morgan fingerprint density at radius 2 is 0.500 bits per heavy atom. The van der Waals surface area contributed by atoms with Crippen molar-refractivity contribution in [3.05, 3.63) is 267 Å². The standard InChI is InChI=1S/C74H44O2/c1-2-16-45(17-3-1)46-30-32-47(33-31-46)71-57-21-6-8-23-59(57)72(60-24-9-7-22-58(60)71)50-35-38-56-66-42-48(36-41-68(66)76-70(56)44-50)51-39-40-65(53-19-5-4-18-52(51)53)74-63-27-12-10-25-61(63)73(62-26-11-13-28-64(62)74)49-34-37-55-54-20-14-15-29-67(54)75-69(55)43-49/h1-44H. The third-order valence-corrected chi connectivity index (χ3v) is 16.1. The van der Waals surface area contributed by atoms with E-state index in [0.717, 1.165) is 60.6 Å². The minimum atomic E-state index is 0.873. The van der Waals surface area contributed by atoms with Crippen LogP contribution in [0, 0.1) is 0 Å². The molecule has 0 unspecified atom stereocenters. The van der Waals surface area contributed by atoms with E-state index < -0.39 is 0 Å². The first-order chi connectivity index (χ1) is 37.7. The largest absolute Gasteiger partial charge is 0.456 e. The first-order valence-electron chi connectivity index (χ1n) is 26.1. The van der Waals surface area contributed by atoms with E-state index in [1.807, 2.05) is 12.1 Å². The van der Waals surface area contributed by atoms with E-state index in [0.29, 0.717) is 0 Å². The van der Waals surface area contributed by atoms with Crippen molar-refractivity contribution in [2.75, 3.05) is 0 Å². The van der Waals surface area contributed by atoms with Gasteiger partial charge in [0.2, 0.25) is 0 Å². The van der Waals surface area contributed by atoms with Gasteiger partial charge in [0.05, 0.1) is 0 Å². The number of fused-ring (bicyclic) bond motifs is 11. The normalized spacial score (nSPS) is 11.9. The maximum Gasteiger partial charge on any atom is 0.136 e. The van der Waals surface area contributed by atoms with E-state index in [4.69, 9.17) is 8.83 Å². The summed E-state index contributed by atoms with van der Waals surface area (Å²) in [7, 11) is 0. The number of rotatable bonds is 6. The van der Waals surface area contributed by atoms with Gasteiger partial charge in [0.1, 0.15) is 22.3 Å². The summed E-state index contributed by atoms with van der Waals surface area (Å²) in [5.41, 5.74) is 17.9. The molecule has 0 aliphatic carbocycles. The third-order valence-electron chi connectivity index (χ3n) is 16.1. The Bertz CT molecular complexity index is 4920. The highest BCUT2D eigenvalue weighted by Crippen LogP contribution is 2.49. The molecule has 2 aromatic heterocycles.